The van der Waals surface area contributed by atoms with Crippen LogP contribution in [0.3, 0.4) is 0 Å². The normalized spacial score (nSPS) is 13.1. The fraction of sp³-hybridized carbons (Fsp3) is 0.833. The van der Waals surface area contributed by atoms with E-state index in [0.29, 0.717) is 12.1 Å². The molecule has 0 unspecified atom stereocenters. The van der Waals surface area contributed by atoms with Gasteiger partial charge in [0.05, 0.1) is 13.2 Å². The minimum Gasteiger partial charge on any atom is -0.395 e. The van der Waals surface area contributed by atoms with E-state index in [9.17, 15) is 13.2 Å². The Morgan fingerprint density at radius 1 is 1.28 bits per heavy atom. The largest absolute Gasteiger partial charge is 0.401 e. The van der Waals surface area contributed by atoms with Crippen LogP contribution >= 0.6 is 0 Å². The van der Waals surface area contributed by atoms with E-state index in [1.54, 1.807) is 0 Å². The van der Waals surface area contributed by atoms with Gasteiger partial charge in [-0.3, -0.25) is 4.90 Å². The second kappa shape index (κ2) is 7.11. The Labute approximate surface area is 107 Å². The average molecular weight is 268 g/mol. The molecule has 0 saturated carbocycles. The second-order valence-corrected chi connectivity index (χ2v) is 5.40. The lowest BCUT2D eigenvalue weighted by atomic mass is 10.1. The molecule has 0 spiro atoms. The summed E-state index contributed by atoms with van der Waals surface area (Å²) < 4.78 is 36.9. The molecule has 0 aromatic carbocycles. The van der Waals surface area contributed by atoms with Crippen LogP contribution in [-0.4, -0.2) is 54.5 Å². The maximum Gasteiger partial charge on any atom is 0.401 e. The van der Waals surface area contributed by atoms with Crippen LogP contribution in [0.15, 0.2) is 12.2 Å². The number of aliphatic hydroxyl groups excluding tert-OH is 1. The number of hydrogen-bond donors (Lipinski definition) is 2. The number of halogens is 3. The van der Waals surface area contributed by atoms with Crippen LogP contribution in [0.25, 0.3) is 0 Å². The van der Waals surface area contributed by atoms with Crippen molar-refractivity contribution >= 4 is 0 Å². The van der Waals surface area contributed by atoms with Crippen LogP contribution in [0.2, 0.25) is 0 Å². The molecule has 0 aromatic rings. The Hall–Kier alpha value is -0.590. The van der Waals surface area contributed by atoms with E-state index in [1.807, 2.05) is 20.8 Å². The fourth-order valence-electron chi connectivity index (χ4n) is 1.37. The number of nitrogens with one attached hydrogen (secondary N) is 1. The van der Waals surface area contributed by atoms with Gasteiger partial charge >= 0.3 is 6.18 Å². The lowest BCUT2D eigenvalue weighted by Crippen LogP contribution is -2.41. The highest BCUT2D eigenvalue weighted by Crippen LogP contribution is 2.16. The van der Waals surface area contributed by atoms with Crippen LogP contribution in [0.5, 0.6) is 0 Å². The lowest BCUT2D eigenvalue weighted by Gasteiger charge is -2.26. The topological polar surface area (TPSA) is 35.5 Å². The monoisotopic (exact) mass is 268 g/mol. The van der Waals surface area contributed by atoms with Gasteiger partial charge in [0.2, 0.25) is 0 Å². The van der Waals surface area contributed by atoms with Crippen LogP contribution in [-0.2, 0) is 0 Å². The van der Waals surface area contributed by atoms with Crippen molar-refractivity contribution in [2.24, 2.45) is 0 Å². The highest BCUT2D eigenvalue weighted by molar-refractivity contribution is 5.01. The Morgan fingerprint density at radius 3 is 2.22 bits per heavy atom. The summed E-state index contributed by atoms with van der Waals surface area (Å²) in [5.74, 6) is 0. The molecule has 18 heavy (non-hydrogen) atoms. The Balaban J connectivity index is 4.20. The van der Waals surface area contributed by atoms with Gasteiger partial charge in [0.25, 0.3) is 0 Å². The third kappa shape index (κ3) is 10.6. The predicted octanol–water partition coefficient (Wildman–Crippen LogP) is 1.79. The average Bonchev–Trinajstić information content (AvgIpc) is 2.11. The fourth-order valence-corrected chi connectivity index (χ4v) is 1.37. The zero-order chi connectivity index (χ0) is 14.4. The van der Waals surface area contributed by atoms with Crippen molar-refractivity contribution in [2.75, 3.05) is 32.8 Å². The molecule has 0 bridgehead atoms. The van der Waals surface area contributed by atoms with Gasteiger partial charge in [0, 0.05) is 25.2 Å². The summed E-state index contributed by atoms with van der Waals surface area (Å²) in [6, 6.07) is 0. The smallest absolute Gasteiger partial charge is 0.395 e. The summed E-state index contributed by atoms with van der Waals surface area (Å²) >= 11 is 0. The van der Waals surface area contributed by atoms with Gasteiger partial charge in [-0.1, -0.05) is 6.58 Å². The van der Waals surface area contributed by atoms with E-state index >= 15 is 0 Å². The molecule has 0 rings (SSSR count). The molecule has 108 valence electrons. The molecule has 0 radical (unpaired) electrons. The van der Waals surface area contributed by atoms with E-state index < -0.39 is 12.7 Å². The number of nitrogens with zero attached hydrogens (tertiary/aromatic N) is 1. The lowest BCUT2D eigenvalue weighted by molar-refractivity contribution is -0.145. The van der Waals surface area contributed by atoms with E-state index in [-0.39, 0.29) is 25.2 Å². The molecular weight excluding hydrogens is 245 g/mol. The van der Waals surface area contributed by atoms with Gasteiger partial charge in [0.15, 0.2) is 0 Å². The summed E-state index contributed by atoms with van der Waals surface area (Å²) in [5, 5.41) is 11.9. The summed E-state index contributed by atoms with van der Waals surface area (Å²) in [6.45, 7) is 8.94. The first kappa shape index (κ1) is 17.4. The molecule has 0 aliphatic rings. The van der Waals surface area contributed by atoms with Crippen LogP contribution in [0.1, 0.15) is 20.8 Å². The summed E-state index contributed by atoms with van der Waals surface area (Å²) in [5.41, 5.74) is 0.567. The minimum atomic E-state index is -4.26. The quantitative estimate of drug-likeness (QED) is 0.691. The zero-order valence-corrected chi connectivity index (χ0v) is 11.3. The molecule has 0 aliphatic heterocycles. The Bertz CT molecular complexity index is 259. The van der Waals surface area contributed by atoms with Gasteiger partial charge in [-0.2, -0.15) is 13.2 Å². The van der Waals surface area contributed by atoms with Gasteiger partial charge in [-0.05, 0) is 26.3 Å². The van der Waals surface area contributed by atoms with E-state index in [1.165, 1.54) is 0 Å². The van der Waals surface area contributed by atoms with Crippen LogP contribution in [0, 0.1) is 0 Å². The van der Waals surface area contributed by atoms with Crippen molar-refractivity contribution < 1.29 is 18.3 Å². The number of hydrogen-bond acceptors (Lipinski definition) is 3. The second-order valence-electron chi connectivity index (χ2n) is 5.40. The first-order valence-corrected chi connectivity index (χ1v) is 5.85. The molecule has 3 nitrogen and oxygen atoms in total. The molecule has 0 aromatic heterocycles. The highest BCUT2D eigenvalue weighted by atomic mass is 19.4. The van der Waals surface area contributed by atoms with Crippen molar-refractivity contribution in [3.63, 3.8) is 0 Å². The van der Waals surface area contributed by atoms with Crippen LogP contribution in [0.4, 0.5) is 13.2 Å². The molecule has 0 atom stereocenters. The summed E-state index contributed by atoms with van der Waals surface area (Å²) in [7, 11) is 0. The van der Waals surface area contributed by atoms with Gasteiger partial charge in [0.1, 0.15) is 0 Å². The van der Waals surface area contributed by atoms with Crippen molar-refractivity contribution in [3.8, 4) is 0 Å². The van der Waals surface area contributed by atoms with E-state index in [4.69, 9.17) is 5.11 Å². The molecule has 2 N–H and O–H groups in total. The maximum atomic E-state index is 12.3. The standard InChI is InChI=1S/C12H23F3N2O/c1-10(7-16-11(2,3)4)8-17(5-6-18)9-12(13,14)15/h16,18H,1,5-9H2,2-4H3. The summed E-state index contributed by atoms with van der Waals surface area (Å²) in [4.78, 5) is 1.15. The first-order chi connectivity index (χ1) is 8.03. The minimum absolute atomic E-state index is 0.00590. The maximum absolute atomic E-state index is 12.3. The zero-order valence-electron chi connectivity index (χ0n) is 11.3. The Kier molecular flexibility index (Phi) is 6.88. The molecule has 0 amide bonds. The molecule has 6 heteroatoms. The number of aliphatic hydroxyl groups is 1. The van der Waals surface area contributed by atoms with E-state index in [2.05, 4.69) is 11.9 Å². The molecule has 0 aliphatic carbocycles. The summed E-state index contributed by atoms with van der Waals surface area (Å²) in [6.07, 6.45) is -4.26. The number of rotatable bonds is 7. The predicted molar refractivity (Wildman–Crippen MR) is 66.5 cm³/mol. The molecule has 0 saturated heterocycles. The molecule has 0 fully saturated rings. The SMILES string of the molecule is C=C(CNC(C)(C)C)CN(CCO)CC(F)(F)F. The van der Waals surface area contributed by atoms with Crippen molar-refractivity contribution in [1.29, 1.82) is 0 Å². The van der Waals surface area contributed by atoms with Gasteiger partial charge in [-0.25, -0.2) is 0 Å². The number of alkyl halides is 3. The first-order valence-electron chi connectivity index (χ1n) is 5.85. The highest BCUT2D eigenvalue weighted by Gasteiger charge is 2.30. The van der Waals surface area contributed by atoms with Gasteiger partial charge < -0.3 is 10.4 Å². The third-order valence-electron chi connectivity index (χ3n) is 2.14. The van der Waals surface area contributed by atoms with Gasteiger partial charge in [-0.15, -0.1) is 0 Å². The van der Waals surface area contributed by atoms with Crippen LogP contribution < -0.4 is 5.32 Å². The van der Waals surface area contributed by atoms with Crippen molar-refractivity contribution in [1.82, 2.24) is 10.2 Å². The molecule has 0 heterocycles. The molecular formula is C12H23F3N2O. The van der Waals surface area contributed by atoms with Crippen molar-refractivity contribution in [3.05, 3.63) is 12.2 Å². The van der Waals surface area contributed by atoms with Crippen molar-refractivity contribution in [2.45, 2.75) is 32.5 Å². The third-order valence-corrected chi connectivity index (χ3v) is 2.14. The van der Waals surface area contributed by atoms with E-state index in [0.717, 1.165) is 4.90 Å². The Morgan fingerprint density at radius 2 is 1.83 bits per heavy atom.